The van der Waals surface area contributed by atoms with E-state index in [0.717, 1.165) is 6.07 Å². The highest BCUT2D eigenvalue weighted by molar-refractivity contribution is 5.83. The van der Waals surface area contributed by atoms with Crippen molar-refractivity contribution >= 4 is 11.6 Å². The van der Waals surface area contributed by atoms with Crippen molar-refractivity contribution in [2.45, 2.75) is 31.4 Å². The molecule has 3 atom stereocenters. The molecular weight excluding hydrogens is 336 g/mol. The number of amides is 1. The fourth-order valence-corrected chi connectivity index (χ4v) is 2.57. The summed E-state index contributed by atoms with van der Waals surface area (Å²) in [6.45, 7) is -0.641. The average Bonchev–Trinajstić information content (AvgIpc) is 2.90. The Morgan fingerprint density at radius 2 is 2.00 bits per heavy atom. The Morgan fingerprint density at radius 3 is 2.52 bits per heavy atom. The first-order valence-corrected chi connectivity index (χ1v) is 7.03. The molecule has 1 aliphatic heterocycles. The number of hydrogen-bond donors (Lipinski definition) is 3. The molecule has 12 heteroatoms. The number of hydrogen-bond acceptors (Lipinski definition) is 8. The van der Waals surface area contributed by atoms with E-state index in [2.05, 4.69) is 11.0 Å². The fourth-order valence-electron chi connectivity index (χ4n) is 2.57. The third-order valence-electron chi connectivity index (χ3n) is 3.56. The van der Waals surface area contributed by atoms with Crippen LogP contribution in [0.25, 0.3) is 4.85 Å². The topological polar surface area (TPSA) is 183 Å². The summed E-state index contributed by atoms with van der Waals surface area (Å²) in [6, 6.07) is 1.64. The molecule has 1 aromatic rings. The number of carbonyl (C=O) groups is 1. The highest BCUT2D eigenvalue weighted by Gasteiger charge is 2.48. The molecule has 0 fully saturated rings. The minimum absolute atomic E-state index is 0.0569. The van der Waals surface area contributed by atoms with Crippen LogP contribution in [0.3, 0.4) is 0 Å². The smallest absolute Gasteiger partial charge is 0.372 e. The molecule has 3 unspecified atom stereocenters. The number of nitrogens with two attached hydrogens (primary N) is 2. The van der Waals surface area contributed by atoms with Gasteiger partial charge in [0.05, 0.1) is 4.92 Å². The zero-order valence-electron chi connectivity index (χ0n) is 12.8. The predicted molar refractivity (Wildman–Crippen MR) is 83.5 cm³/mol. The monoisotopic (exact) mass is 351 g/mol. The van der Waals surface area contributed by atoms with Crippen molar-refractivity contribution in [1.82, 2.24) is 4.90 Å². The average molecular weight is 351 g/mol. The number of rotatable bonds is 7. The number of nitrogens with zero attached hydrogens (tertiary/aromatic N) is 4. The van der Waals surface area contributed by atoms with Gasteiger partial charge < -0.3 is 16.6 Å². The van der Waals surface area contributed by atoms with E-state index in [0.29, 0.717) is 5.56 Å². The molecule has 1 amide bonds. The Balaban J connectivity index is 2.31. The van der Waals surface area contributed by atoms with Crippen LogP contribution in [0.15, 0.2) is 18.2 Å². The fraction of sp³-hybridized carbons (Fsp3) is 0.385. The lowest BCUT2D eigenvalue weighted by Gasteiger charge is -2.19. The van der Waals surface area contributed by atoms with Crippen molar-refractivity contribution < 1.29 is 19.7 Å². The standard InChI is InChI=1S/C13H14N6O6/c14-12(20)10-11(13(15)21)17(6-16-10)4-7-1-8(5-18(22)23)3-9(2-7)19(24)25/h1-3,10-11,13,21H,4-5,15H2,(H-,14,20)/p+1. The van der Waals surface area contributed by atoms with Gasteiger partial charge in [0, 0.05) is 28.2 Å². The lowest BCUT2D eigenvalue weighted by Crippen LogP contribution is -2.52. The van der Waals surface area contributed by atoms with Gasteiger partial charge in [-0.1, -0.05) is 0 Å². The quantitative estimate of drug-likeness (QED) is 0.241. The van der Waals surface area contributed by atoms with Crippen LogP contribution in [0.2, 0.25) is 0 Å². The Hall–Kier alpha value is -3.30. The summed E-state index contributed by atoms with van der Waals surface area (Å²) in [4.78, 5) is 36.8. The predicted octanol–water partition coefficient (Wildman–Crippen LogP) is -1.02. The number of aliphatic hydroxyl groups excluding tert-OH is 1. The number of benzene rings is 1. The minimum Gasteiger partial charge on any atom is -0.374 e. The molecule has 132 valence electrons. The molecule has 0 saturated carbocycles. The van der Waals surface area contributed by atoms with Crippen LogP contribution in [0.4, 0.5) is 5.69 Å². The number of aliphatic hydroxyl groups is 1. The Labute approximate surface area is 140 Å². The first kappa shape index (κ1) is 18.0. The summed E-state index contributed by atoms with van der Waals surface area (Å²) in [7, 11) is 0. The van der Waals surface area contributed by atoms with Gasteiger partial charge in [0.2, 0.25) is 12.6 Å². The van der Waals surface area contributed by atoms with E-state index in [9.17, 15) is 30.1 Å². The van der Waals surface area contributed by atoms with Gasteiger partial charge in [-0.05, 0) is 6.07 Å². The number of non-ortho nitro benzene ring substituents is 1. The lowest BCUT2D eigenvalue weighted by molar-refractivity contribution is -0.496. The SMILES string of the molecule is NC(=O)C1[N+]#CN(Cc2cc(C[N+](=O)[O-])cc([N+](=O)[O-])c2)C1C(N)O. The number of nitro groups is 2. The van der Waals surface area contributed by atoms with Crippen LogP contribution < -0.4 is 11.5 Å². The molecule has 25 heavy (non-hydrogen) atoms. The highest BCUT2D eigenvalue weighted by Crippen LogP contribution is 2.23. The molecule has 0 aromatic heterocycles. The van der Waals surface area contributed by atoms with E-state index in [1.165, 1.54) is 17.0 Å². The molecular formula is C13H15N6O6+. The van der Waals surface area contributed by atoms with Crippen LogP contribution in [0.5, 0.6) is 0 Å². The summed E-state index contributed by atoms with van der Waals surface area (Å²) in [5.74, 6) is -0.808. The van der Waals surface area contributed by atoms with E-state index in [4.69, 9.17) is 11.5 Å². The van der Waals surface area contributed by atoms with Gasteiger partial charge in [-0.3, -0.25) is 25.0 Å². The maximum atomic E-state index is 11.4. The second-order valence-corrected chi connectivity index (χ2v) is 5.44. The van der Waals surface area contributed by atoms with Gasteiger partial charge in [0.15, 0.2) is 0 Å². The summed E-state index contributed by atoms with van der Waals surface area (Å²) >= 11 is 0. The van der Waals surface area contributed by atoms with Crippen molar-refractivity contribution in [1.29, 1.82) is 0 Å². The summed E-state index contributed by atoms with van der Waals surface area (Å²) in [5, 5.41) is 31.3. The van der Waals surface area contributed by atoms with Gasteiger partial charge in [0.1, 0.15) is 12.8 Å². The van der Waals surface area contributed by atoms with Gasteiger partial charge in [-0.25, -0.2) is 0 Å². The molecule has 0 bridgehead atoms. The van der Waals surface area contributed by atoms with Gasteiger partial charge in [-0.2, -0.15) is 9.74 Å². The van der Waals surface area contributed by atoms with E-state index in [1.807, 2.05) is 0 Å². The Bertz CT molecular complexity index is 785. The summed E-state index contributed by atoms with van der Waals surface area (Å²) in [6.07, 6.45) is 1.03. The van der Waals surface area contributed by atoms with Crippen molar-refractivity contribution in [2.75, 3.05) is 0 Å². The maximum Gasteiger partial charge on any atom is 0.372 e. The molecule has 12 nitrogen and oxygen atoms in total. The molecule has 1 aliphatic rings. The van der Waals surface area contributed by atoms with E-state index >= 15 is 0 Å². The van der Waals surface area contributed by atoms with E-state index in [-0.39, 0.29) is 17.8 Å². The van der Waals surface area contributed by atoms with Crippen molar-refractivity contribution in [3.8, 4) is 6.19 Å². The van der Waals surface area contributed by atoms with Gasteiger partial charge >= 0.3 is 12.2 Å². The third kappa shape index (κ3) is 4.16. The zero-order valence-corrected chi connectivity index (χ0v) is 12.8. The molecule has 0 spiro atoms. The van der Waals surface area contributed by atoms with Crippen molar-refractivity contribution in [2.24, 2.45) is 11.5 Å². The Morgan fingerprint density at radius 1 is 1.36 bits per heavy atom. The normalized spacial score (nSPS) is 19.8. The molecule has 1 heterocycles. The number of nitro benzene ring substituents is 1. The second kappa shape index (κ2) is 7.07. The van der Waals surface area contributed by atoms with E-state index < -0.39 is 40.6 Å². The molecule has 5 N–H and O–H groups in total. The summed E-state index contributed by atoms with van der Waals surface area (Å²) in [5.41, 5.74) is 10.8. The summed E-state index contributed by atoms with van der Waals surface area (Å²) < 4.78 is 0. The first-order valence-electron chi connectivity index (χ1n) is 7.03. The third-order valence-corrected chi connectivity index (χ3v) is 3.56. The molecule has 1 aromatic carbocycles. The molecule has 2 rings (SSSR count). The van der Waals surface area contributed by atoms with Crippen LogP contribution in [0.1, 0.15) is 11.1 Å². The maximum absolute atomic E-state index is 11.4. The molecule has 0 saturated heterocycles. The van der Waals surface area contributed by atoms with Crippen molar-refractivity contribution in [3.63, 3.8) is 0 Å². The highest BCUT2D eigenvalue weighted by atomic mass is 16.6. The minimum atomic E-state index is -1.46. The first-order chi connectivity index (χ1) is 11.7. The van der Waals surface area contributed by atoms with E-state index in [1.54, 1.807) is 0 Å². The van der Waals surface area contributed by atoms with Crippen molar-refractivity contribution in [3.05, 3.63) is 54.4 Å². The second-order valence-electron chi connectivity index (χ2n) is 5.44. The van der Waals surface area contributed by atoms with Crippen LogP contribution in [-0.4, -0.2) is 44.1 Å². The zero-order chi connectivity index (χ0) is 18.7. The Kier molecular flexibility index (Phi) is 5.11. The number of carbonyl (C=O) groups excluding carboxylic acids is 1. The lowest BCUT2D eigenvalue weighted by atomic mass is 10.0. The van der Waals surface area contributed by atoms with Crippen LogP contribution in [0, 0.1) is 26.4 Å². The van der Waals surface area contributed by atoms with Gasteiger partial charge in [-0.15, -0.1) is 0 Å². The largest absolute Gasteiger partial charge is 0.374 e. The van der Waals surface area contributed by atoms with Crippen LogP contribution >= 0.6 is 0 Å². The molecule has 0 radical (unpaired) electrons. The molecule has 0 aliphatic carbocycles. The number of primary amides is 1. The van der Waals surface area contributed by atoms with Crippen LogP contribution in [-0.2, 0) is 17.9 Å². The van der Waals surface area contributed by atoms with Gasteiger partial charge in [0.25, 0.3) is 11.6 Å².